The first-order valence-electron chi connectivity index (χ1n) is 10.2. The summed E-state index contributed by atoms with van der Waals surface area (Å²) in [5.41, 5.74) is -0.206. The average Bonchev–Trinajstić information content (AvgIpc) is 3.30. The van der Waals surface area contributed by atoms with Crippen LogP contribution in [0.5, 0.6) is 0 Å². The molecule has 2 atom stereocenters. The summed E-state index contributed by atoms with van der Waals surface area (Å²) in [4.78, 5) is 43.8. The van der Waals surface area contributed by atoms with Gasteiger partial charge >= 0.3 is 6.03 Å². The molecule has 0 radical (unpaired) electrons. The van der Waals surface area contributed by atoms with E-state index in [1.54, 1.807) is 60.3 Å². The van der Waals surface area contributed by atoms with Crippen molar-refractivity contribution in [3.63, 3.8) is 0 Å². The van der Waals surface area contributed by atoms with Crippen LogP contribution in [0.25, 0.3) is 0 Å². The number of nitrogens with one attached hydrogen (secondary N) is 1. The topological polar surface area (TPSA) is 73.0 Å². The summed E-state index contributed by atoms with van der Waals surface area (Å²) in [7, 11) is 3.36. The number of fused-ring (bicyclic) bond motifs is 1. The zero-order chi connectivity index (χ0) is 22.2. The van der Waals surface area contributed by atoms with Gasteiger partial charge in [0, 0.05) is 51.8 Å². The van der Waals surface area contributed by atoms with E-state index in [0.29, 0.717) is 18.7 Å². The summed E-state index contributed by atoms with van der Waals surface area (Å²) in [6, 6.07) is 14.5. The number of rotatable bonds is 3. The summed E-state index contributed by atoms with van der Waals surface area (Å²) >= 11 is 0. The molecule has 2 aromatic rings. The number of carbonyl (C=O) groups is 3. The Bertz CT molecular complexity index is 1010. The first-order chi connectivity index (χ1) is 14.8. The minimum absolute atomic E-state index is 0.0958. The summed E-state index contributed by atoms with van der Waals surface area (Å²) in [5, 5.41) is 2.59. The Hall–Kier alpha value is -3.42. The van der Waals surface area contributed by atoms with Gasteiger partial charge in [-0.15, -0.1) is 0 Å². The van der Waals surface area contributed by atoms with Crippen molar-refractivity contribution < 1.29 is 18.8 Å². The van der Waals surface area contributed by atoms with Crippen molar-refractivity contribution in [3.05, 3.63) is 66.0 Å². The second-order valence-corrected chi connectivity index (χ2v) is 8.39. The number of carbonyl (C=O) groups excluding carboxylic acids is 3. The van der Waals surface area contributed by atoms with Crippen LogP contribution in [-0.2, 0) is 4.79 Å². The lowest BCUT2D eigenvalue weighted by Gasteiger charge is -2.30. The molecule has 31 heavy (non-hydrogen) atoms. The molecule has 0 aliphatic carbocycles. The summed E-state index contributed by atoms with van der Waals surface area (Å²) in [6.45, 7) is 1.12. The van der Waals surface area contributed by atoms with Crippen molar-refractivity contribution in [2.45, 2.75) is 0 Å². The second-order valence-electron chi connectivity index (χ2n) is 8.39. The fourth-order valence-corrected chi connectivity index (χ4v) is 4.64. The van der Waals surface area contributed by atoms with E-state index in [4.69, 9.17) is 0 Å². The highest BCUT2D eigenvalue weighted by Gasteiger charge is 2.59. The third kappa shape index (κ3) is 3.73. The maximum atomic E-state index is 13.9. The largest absolute Gasteiger partial charge is 0.348 e. The first-order valence-corrected chi connectivity index (χ1v) is 10.2. The molecular weight excluding hydrogens is 399 g/mol. The molecule has 2 fully saturated rings. The lowest BCUT2D eigenvalue weighted by Crippen LogP contribution is -2.48. The molecule has 0 unspecified atom stereocenters. The Morgan fingerprint density at radius 3 is 2.26 bits per heavy atom. The number of anilines is 1. The van der Waals surface area contributed by atoms with Gasteiger partial charge in [-0.05, 0) is 24.3 Å². The van der Waals surface area contributed by atoms with Gasteiger partial charge in [0.25, 0.3) is 5.91 Å². The highest BCUT2D eigenvalue weighted by Crippen LogP contribution is 2.44. The van der Waals surface area contributed by atoms with Gasteiger partial charge in [-0.1, -0.05) is 30.3 Å². The summed E-state index contributed by atoms with van der Waals surface area (Å²) in [6.07, 6.45) is 0. The monoisotopic (exact) mass is 424 g/mol. The number of urea groups is 1. The molecule has 0 spiro atoms. The quantitative estimate of drug-likeness (QED) is 0.823. The number of halogens is 1. The molecule has 4 amide bonds. The molecule has 0 saturated carbocycles. The van der Waals surface area contributed by atoms with Gasteiger partial charge in [-0.2, -0.15) is 0 Å². The zero-order valence-corrected chi connectivity index (χ0v) is 17.5. The van der Waals surface area contributed by atoms with Crippen molar-refractivity contribution in [3.8, 4) is 0 Å². The molecule has 2 saturated heterocycles. The minimum atomic E-state index is -0.874. The average molecular weight is 424 g/mol. The number of benzene rings is 2. The third-order valence-electron chi connectivity index (χ3n) is 6.15. The Labute approximate surface area is 180 Å². The maximum absolute atomic E-state index is 13.9. The van der Waals surface area contributed by atoms with E-state index < -0.39 is 17.3 Å². The van der Waals surface area contributed by atoms with Crippen LogP contribution in [0, 0.1) is 17.2 Å². The van der Waals surface area contributed by atoms with Gasteiger partial charge in [0.05, 0.1) is 11.1 Å². The van der Waals surface area contributed by atoms with Crippen LogP contribution < -0.4 is 5.32 Å². The normalized spacial score (nSPS) is 22.2. The summed E-state index contributed by atoms with van der Waals surface area (Å²) in [5.74, 6) is -0.944. The van der Waals surface area contributed by atoms with E-state index in [0.717, 1.165) is 0 Å². The van der Waals surface area contributed by atoms with Crippen LogP contribution in [0.2, 0.25) is 0 Å². The van der Waals surface area contributed by atoms with Gasteiger partial charge < -0.3 is 20.0 Å². The predicted octanol–water partition coefficient (Wildman–Crippen LogP) is 2.52. The van der Waals surface area contributed by atoms with Crippen molar-refractivity contribution in [2.75, 3.05) is 45.6 Å². The Kier molecular flexibility index (Phi) is 5.39. The van der Waals surface area contributed by atoms with Crippen molar-refractivity contribution in [1.29, 1.82) is 0 Å². The van der Waals surface area contributed by atoms with E-state index in [9.17, 15) is 18.8 Å². The smallest absolute Gasteiger partial charge is 0.321 e. The van der Waals surface area contributed by atoms with E-state index in [1.807, 2.05) is 6.07 Å². The van der Waals surface area contributed by atoms with E-state index in [1.165, 1.54) is 17.0 Å². The zero-order valence-electron chi connectivity index (χ0n) is 17.5. The van der Waals surface area contributed by atoms with E-state index >= 15 is 0 Å². The molecule has 2 aliphatic heterocycles. The standard InChI is InChI=1S/C23H25FN4O3/c1-26(2)21(30)23-14-27(20(29)16-8-4-3-5-9-16)12-17(23)13-28(15-23)22(31)25-19-11-7-6-10-18(19)24/h3-11,17H,12-15H2,1-2H3,(H,25,31)/t17-,23-/m0/s1. The Balaban J connectivity index is 1.54. The van der Waals surface area contributed by atoms with Crippen molar-refractivity contribution >= 4 is 23.5 Å². The Morgan fingerprint density at radius 2 is 1.58 bits per heavy atom. The first kappa shape index (κ1) is 20.8. The number of amides is 4. The van der Waals surface area contributed by atoms with Crippen molar-refractivity contribution in [2.24, 2.45) is 11.3 Å². The van der Waals surface area contributed by atoms with Gasteiger partial charge in [-0.25, -0.2) is 9.18 Å². The maximum Gasteiger partial charge on any atom is 0.321 e. The molecule has 7 nitrogen and oxygen atoms in total. The number of para-hydroxylation sites is 1. The number of hydrogen-bond acceptors (Lipinski definition) is 3. The molecular formula is C23H25FN4O3. The van der Waals surface area contributed by atoms with Gasteiger partial charge in [0.15, 0.2) is 0 Å². The number of likely N-dealkylation sites (tertiary alicyclic amines) is 2. The number of nitrogens with zero attached hydrogens (tertiary/aromatic N) is 3. The minimum Gasteiger partial charge on any atom is -0.348 e. The van der Waals surface area contributed by atoms with Crippen LogP contribution >= 0.6 is 0 Å². The highest BCUT2D eigenvalue weighted by molar-refractivity contribution is 5.96. The van der Waals surface area contributed by atoms with Crippen LogP contribution in [-0.4, -0.2) is 72.8 Å². The van der Waals surface area contributed by atoms with Crippen LogP contribution in [0.15, 0.2) is 54.6 Å². The van der Waals surface area contributed by atoms with Crippen LogP contribution in [0.4, 0.5) is 14.9 Å². The van der Waals surface area contributed by atoms with Crippen LogP contribution in [0.3, 0.4) is 0 Å². The highest BCUT2D eigenvalue weighted by atomic mass is 19.1. The van der Waals surface area contributed by atoms with Crippen molar-refractivity contribution in [1.82, 2.24) is 14.7 Å². The van der Waals surface area contributed by atoms with E-state index in [2.05, 4.69) is 5.32 Å². The fraction of sp³-hybridized carbons (Fsp3) is 0.348. The Morgan fingerprint density at radius 1 is 0.968 bits per heavy atom. The van der Waals surface area contributed by atoms with Gasteiger partial charge in [0.2, 0.25) is 5.91 Å². The predicted molar refractivity (Wildman–Crippen MR) is 114 cm³/mol. The molecule has 0 aromatic heterocycles. The summed E-state index contributed by atoms with van der Waals surface area (Å²) < 4.78 is 13.9. The fourth-order valence-electron chi connectivity index (χ4n) is 4.64. The number of hydrogen-bond donors (Lipinski definition) is 1. The molecule has 4 rings (SSSR count). The second kappa shape index (κ2) is 8.02. The molecule has 162 valence electrons. The molecule has 0 bridgehead atoms. The lowest BCUT2D eigenvalue weighted by molar-refractivity contribution is -0.139. The van der Waals surface area contributed by atoms with Gasteiger partial charge in [0.1, 0.15) is 5.82 Å². The SMILES string of the molecule is CN(C)C(=O)[C@@]12CN(C(=O)Nc3ccccc3F)C[C@@H]1CN(C(=O)c1ccccc1)C2. The van der Waals surface area contributed by atoms with Gasteiger partial charge in [-0.3, -0.25) is 9.59 Å². The molecule has 1 N–H and O–H groups in total. The molecule has 2 aliphatic rings. The third-order valence-corrected chi connectivity index (χ3v) is 6.15. The lowest BCUT2D eigenvalue weighted by atomic mass is 9.80. The molecule has 8 heteroatoms. The molecule has 2 heterocycles. The molecule has 2 aromatic carbocycles. The van der Waals surface area contributed by atoms with Crippen LogP contribution in [0.1, 0.15) is 10.4 Å². The van der Waals surface area contributed by atoms with E-state index in [-0.39, 0.29) is 36.5 Å².